The van der Waals surface area contributed by atoms with Gasteiger partial charge in [0.25, 0.3) is 0 Å². The van der Waals surface area contributed by atoms with Crippen molar-refractivity contribution in [3.05, 3.63) is 23.8 Å². The minimum absolute atomic E-state index is 0.102. The smallest absolute Gasteiger partial charge is 0.410 e. The lowest BCUT2D eigenvalue weighted by Gasteiger charge is -2.41. The first kappa shape index (κ1) is 18.4. The summed E-state index contributed by atoms with van der Waals surface area (Å²) in [6.45, 7) is 12.1. The van der Waals surface area contributed by atoms with Gasteiger partial charge < -0.3 is 19.3 Å². The number of hydrogen-bond acceptors (Lipinski definition) is 4. The van der Waals surface area contributed by atoms with Gasteiger partial charge in [-0.15, -0.1) is 0 Å². The van der Waals surface area contributed by atoms with Crippen molar-refractivity contribution in [1.82, 2.24) is 4.90 Å². The summed E-state index contributed by atoms with van der Waals surface area (Å²) in [6.07, 6.45) is 0.722. The third-order valence-electron chi connectivity index (χ3n) is 4.27. The van der Waals surface area contributed by atoms with Crippen molar-refractivity contribution >= 4 is 11.8 Å². The van der Waals surface area contributed by atoms with Crippen LogP contribution in [0.15, 0.2) is 18.2 Å². The Bertz CT molecular complexity index is 580. The van der Waals surface area contributed by atoms with E-state index in [1.807, 2.05) is 25.7 Å². The topological polar surface area (TPSA) is 42.0 Å². The standard InChI is InChI=1S/C19H30N2O3/c1-7-15-8-9-16(12-17(15)23-6)20-10-11-21(14(2)13-20)18(22)24-19(3,4)5/h8-9,12,14H,7,10-11,13H2,1-6H3. The zero-order valence-corrected chi connectivity index (χ0v) is 15.8. The van der Waals surface area contributed by atoms with Crippen LogP contribution in [0.5, 0.6) is 5.75 Å². The molecule has 2 rings (SSSR count). The van der Waals surface area contributed by atoms with E-state index < -0.39 is 5.60 Å². The lowest BCUT2D eigenvalue weighted by Crippen LogP contribution is -2.55. The minimum Gasteiger partial charge on any atom is -0.496 e. The van der Waals surface area contributed by atoms with Crippen molar-refractivity contribution in [2.24, 2.45) is 0 Å². The van der Waals surface area contributed by atoms with Crippen LogP contribution >= 0.6 is 0 Å². The van der Waals surface area contributed by atoms with Crippen molar-refractivity contribution in [1.29, 1.82) is 0 Å². The SMILES string of the molecule is CCc1ccc(N2CCN(C(=O)OC(C)(C)C)C(C)C2)cc1OC. The molecule has 1 saturated heterocycles. The highest BCUT2D eigenvalue weighted by Crippen LogP contribution is 2.28. The number of benzene rings is 1. The van der Waals surface area contributed by atoms with Gasteiger partial charge in [0.15, 0.2) is 0 Å². The largest absolute Gasteiger partial charge is 0.496 e. The third kappa shape index (κ3) is 4.34. The van der Waals surface area contributed by atoms with E-state index in [0.717, 1.165) is 30.9 Å². The molecule has 134 valence electrons. The number of anilines is 1. The van der Waals surface area contributed by atoms with E-state index >= 15 is 0 Å². The van der Waals surface area contributed by atoms with Crippen molar-refractivity contribution in [2.45, 2.75) is 52.7 Å². The fourth-order valence-electron chi connectivity index (χ4n) is 3.01. The lowest BCUT2D eigenvalue weighted by molar-refractivity contribution is 0.0159. The molecule has 0 saturated carbocycles. The summed E-state index contributed by atoms with van der Waals surface area (Å²) >= 11 is 0. The Hall–Kier alpha value is -1.91. The predicted octanol–water partition coefficient (Wildman–Crippen LogP) is 3.70. The molecule has 1 amide bonds. The molecule has 5 heteroatoms. The molecule has 1 aliphatic heterocycles. The van der Waals surface area contributed by atoms with Crippen LogP contribution in [0.3, 0.4) is 0 Å². The van der Waals surface area contributed by atoms with Crippen LogP contribution in [0.25, 0.3) is 0 Å². The fraction of sp³-hybridized carbons (Fsp3) is 0.632. The molecule has 0 N–H and O–H groups in total. The van der Waals surface area contributed by atoms with E-state index in [4.69, 9.17) is 9.47 Å². The number of carbonyl (C=O) groups excluding carboxylic acids is 1. The van der Waals surface area contributed by atoms with Crippen LogP contribution < -0.4 is 9.64 Å². The van der Waals surface area contributed by atoms with Gasteiger partial charge in [0.05, 0.1) is 7.11 Å². The maximum atomic E-state index is 12.3. The Kier molecular flexibility index (Phi) is 5.62. The van der Waals surface area contributed by atoms with Crippen molar-refractivity contribution < 1.29 is 14.3 Å². The van der Waals surface area contributed by atoms with Crippen molar-refractivity contribution in [3.8, 4) is 5.75 Å². The minimum atomic E-state index is -0.461. The highest BCUT2D eigenvalue weighted by Gasteiger charge is 2.31. The van der Waals surface area contributed by atoms with E-state index in [1.54, 1.807) is 7.11 Å². The average Bonchev–Trinajstić information content (AvgIpc) is 2.52. The summed E-state index contributed by atoms with van der Waals surface area (Å²) in [5, 5.41) is 0. The molecule has 24 heavy (non-hydrogen) atoms. The fourth-order valence-corrected chi connectivity index (χ4v) is 3.01. The van der Waals surface area contributed by atoms with Gasteiger partial charge in [-0.05, 0) is 45.7 Å². The normalized spacial score (nSPS) is 18.5. The first-order valence-corrected chi connectivity index (χ1v) is 8.66. The molecule has 1 atom stereocenters. The maximum absolute atomic E-state index is 12.3. The van der Waals surface area contributed by atoms with Crippen LogP contribution in [0.2, 0.25) is 0 Å². The molecule has 1 heterocycles. The monoisotopic (exact) mass is 334 g/mol. The second-order valence-electron chi connectivity index (χ2n) is 7.32. The van der Waals surface area contributed by atoms with Gasteiger partial charge in [0.2, 0.25) is 0 Å². The Balaban J connectivity index is 2.06. The summed E-state index contributed by atoms with van der Waals surface area (Å²) in [7, 11) is 1.71. The molecule has 0 aromatic heterocycles. The molecule has 1 aromatic carbocycles. The molecular formula is C19H30N2O3. The maximum Gasteiger partial charge on any atom is 0.410 e. The van der Waals surface area contributed by atoms with Crippen molar-refractivity contribution in [2.75, 3.05) is 31.6 Å². The van der Waals surface area contributed by atoms with Gasteiger partial charge in [-0.25, -0.2) is 4.79 Å². The molecule has 0 aliphatic carbocycles. The molecular weight excluding hydrogens is 304 g/mol. The molecule has 0 bridgehead atoms. The van der Waals surface area contributed by atoms with E-state index in [9.17, 15) is 4.79 Å². The number of ether oxygens (including phenoxy) is 2. The molecule has 0 spiro atoms. The molecule has 1 fully saturated rings. The number of rotatable bonds is 3. The molecule has 1 aliphatic rings. The second kappa shape index (κ2) is 7.32. The zero-order chi connectivity index (χ0) is 17.9. The summed E-state index contributed by atoms with van der Waals surface area (Å²) in [6, 6.07) is 6.45. The quantitative estimate of drug-likeness (QED) is 0.845. The van der Waals surface area contributed by atoms with Crippen LogP contribution in [-0.4, -0.2) is 49.4 Å². The summed E-state index contributed by atoms with van der Waals surface area (Å²) in [4.78, 5) is 16.4. The van der Waals surface area contributed by atoms with E-state index in [-0.39, 0.29) is 12.1 Å². The highest BCUT2D eigenvalue weighted by atomic mass is 16.6. The number of methoxy groups -OCH3 is 1. The number of aryl methyl sites for hydroxylation is 1. The van der Waals surface area contributed by atoms with Gasteiger partial charge in [-0.3, -0.25) is 0 Å². The second-order valence-corrected chi connectivity index (χ2v) is 7.32. The third-order valence-corrected chi connectivity index (χ3v) is 4.27. The summed E-state index contributed by atoms with van der Waals surface area (Å²) in [5.41, 5.74) is 1.89. The first-order chi connectivity index (χ1) is 11.2. The van der Waals surface area contributed by atoms with Crippen LogP contribution in [0.4, 0.5) is 10.5 Å². The number of carbonyl (C=O) groups is 1. The van der Waals surface area contributed by atoms with E-state index in [2.05, 4.69) is 36.9 Å². The van der Waals surface area contributed by atoms with E-state index in [0.29, 0.717) is 6.54 Å². The summed E-state index contributed by atoms with van der Waals surface area (Å²) in [5.74, 6) is 0.928. The van der Waals surface area contributed by atoms with Gasteiger partial charge >= 0.3 is 6.09 Å². The Morgan fingerprint density at radius 1 is 1.29 bits per heavy atom. The Morgan fingerprint density at radius 2 is 2.00 bits per heavy atom. The lowest BCUT2D eigenvalue weighted by atomic mass is 10.1. The van der Waals surface area contributed by atoms with Gasteiger partial charge in [-0.1, -0.05) is 13.0 Å². The van der Waals surface area contributed by atoms with Gasteiger partial charge in [0.1, 0.15) is 11.4 Å². The number of amides is 1. The number of nitrogens with zero attached hydrogens (tertiary/aromatic N) is 2. The van der Waals surface area contributed by atoms with Crippen LogP contribution in [-0.2, 0) is 11.2 Å². The first-order valence-electron chi connectivity index (χ1n) is 8.66. The molecule has 0 radical (unpaired) electrons. The van der Waals surface area contributed by atoms with Crippen LogP contribution in [0, 0.1) is 0 Å². The molecule has 1 aromatic rings. The summed E-state index contributed by atoms with van der Waals surface area (Å²) < 4.78 is 11.0. The molecule has 5 nitrogen and oxygen atoms in total. The van der Waals surface area contributed by atoms with Crippen LogP contribution in [0.1, 0.15) is 40.2 Å². The molecule has 1 unspecified atom stereocenters. The Labute approximate surface area is 145 Å². The van der Waals surface area contributed by atoms with Crippen molar-refractivity contribution in [3.63, 3.8) is 0 Å². The number of piperazine rings is 1. The number of hydrogen-bond donors (Lipinski definition) is 0. The zero-order valence-electron chi connectivity index (χ0n) is 15.8. The van der Waals surface area contributed by atoms with E-state index in [1.165, 1.54) is 5.56 Å². The van der Waals surface area contributed by atoms with Gasteiger partial charge in [0, 0.05) is 37.4 Å². The highest BCUT2D eigenvalue weighted by molar-refractivity contribution is 5.69. The van der Waals surface area contributed by atoms with Gasteiger partial charge in [-0.2, -0.15) is 0 Å². The average molecular weight is 334 g/mol. The predicted molar refractivity (Wildman–Crippen MR) is 97.0 cm³/mol. The Morgan fingerprint density at radius 3 is 2.54 bits per heavy atom.